The third-order valence-corrected chi connectivity index (χ3v) is 5.02. The van der Waals surface area contributed by atoms with Gasteiger partial charge in [-0.1, -0.05) is 17.8 Å². The van der Waals surface area contributed by atoms with Crippen LogP contribution in [0.2, 0.25) is 0 Å². The SMILES string of the molecule is CC1Nc2cc(C(C)(C)O)c(NC(=O)c3cccc(C(F)(F)F)n3)cc2S1. The summed E-state index contributed by atoms with van der Waals surface area (Å²) in [6.45, 7) is 5.11. The molecule has 0 bridgehead atoms. The summed E-state index contributed by atoms with van der Waals surface area (Å²) in [6, 6.07) is 6.58. The molecule has 0 fully saturated rings. The van der Waals surface area contributed by atoms with Crippen LogP contribution in [-0.4, -0.2) is 21.4 Å². The quantitative estimate of drug-likeness (QED) is 0.714. The van der Waals surface area contributed by atoms with Crippen LogP contribution in [0.3, 0.4) is 0 Å². The number of rotatable bonds is 3. The summed E-state index contributed by atoms with van der Waals surface area (Å²) in [6.07, 6.45) is -4.64. The molecule has 0 saturated carbocycles. The number of pyridine rings is 1. The molecule has 3 rings (SSSR count). The van der Waals surface area contributed by atoms with Gasteiger partial charge >= 0.3 is 6.18 Å². The Kier molecular flexibility index (Phi) is 4.85. The number of nitrogens with one attached hydrogen (secondary N) is 2. The summed E-state index contributed by atoms with van der Waals surface area (Å²) in [5, 5.41) is 16.4. The number of thioether (sulfide) groups is 1. The average Bonchev–Trinajstić information content (AvgIpc) is 2.91. The summed E-state index contributed by atoms with van der Waals surface area (Å²) in [5.41, 5.74) is -1.15. The molecule has 1 aliphatic rings. The van der Waals surface area contributed by atoms with Gasteiger partial charge in [-0.3, -0.25) is 4.79 Å². The summed E-state index contributed by atoms with van der Waals surface area (Å²) in [5.74, 6) is -0.782. The van der Waals surface area contributed by atoms with Gasteiger partial charge in [0, 0.05) is 21.8 Å². The number of hydrogen-bond acceptors (Lipinski definition) is 5. The second-order valence-electron chi connectivity index (χ2n) is 6.72. The molecule has 2 aromatic rings. The fourth-order valence-corrected chi connectivity index (χ4v) is 3.74. The number of aliphatic hydroxyl groups is 1. The highest BCUT2D eigenvalue weighted by Crippen LogP contribution is 2.43. The fraction of sp³-hybridized carbons (Fsp3) is 0.333. The molecule has 1 unspecified atom stereocenters. The monoisotopic (exact) mass is 397 g/mol. The molecule has 144 valence electrons. The standard InChI is InChI=1S/C18H18F3N3O2S/c1-9-22-13-7-10(17(2,3)26)12(8-14(13)27-9)24-16(25)11-5-4-6-15(23-11)18(19,20)21/h4-9,22,26H,1-3H3,(H,24,25). The van der Waals surface area contributed by atoms with Crippen molar-refractivity contribution in [3.63, 3.8) is 0 Å². The highest BCUT2D eigenvalue weighted by Gasteiger charge is 2.33. The van der Waals surface area contributed by atoms with E-state index in [-0.39, 0.29) is 11.1 Å². The second kappa shape index (κ2) is 6.72. The van der Waals surface area contributed by atoms with Crippen molar-refractivity contribution in [2.75, 3.05) is 10.6 Å². The summed E-state index contributed by atoms with van der Waals surface area (Å²) < 4.78 is 38.5. The van der Waals surface area contributed by atoms with Crippen LogP contribution in [-0.2, 0) is 11.8 Å². The topological polar surface area (TPSA) is 74.2 Å². The van der Waals surface area contributed by atoms with E-state index in [9.17, 15) is 23.1 Å². The summed E-state index contributed by atoms with van der Waals surface area (Å²) in [7, 11) is 0. The van der Waals surface area contributed by atoms with Crippen LogP contribution in [0.1, 0.15) is 42.5 Å². The lowest BCUT2D eigenvalue weighted by Gasteiger charge is -2.23. The molecule has 0 aliphatic carbocycles. The van der Waals surface area contributed by atoms with Crippen LogP contribution in [0, 0.1) is 0 Å². The van der Waals surface area contributed by atoms with E-state index in [2.05, 4.69) is 15.6 Å². The summed E-state index contributed by atoms with van der Waals surface area (Å²) in [4.78, 5) is 16.8. The largest absolute Gasteiger partial charge is 0.433 e. The van der Waals surface area contributed by atoms with Gasteiger partial charge in [-0.25, -0.2) is 4.98 Å². The van der Waals surface area contributed by atoms with Crippen LogP contribution < -0.4 is 10.6 Å². The molecule has 1 aromatic carbocycles. The van der Waals surface area contributed by atoms with Gasteiger partial charge in [0.15, 0.2) is 0 Å². The lowest BCUT2D eigenvalue weighted by molar-refractivity contribution is -0.141. The van der Waals surface area contributed by atoms with Crippen molar-refractivity contribution in [1.82, 2.24) is 4.98 Å². The predicted octanol–water partition coefficient (Wildman–Crippen LogP) is 4.44. The van der Waals surface area contributed by atoms with Gasteiger partial charge in [0.25, 0.3) is 5.91 Å². The Bertz CT molecular complexity index is 894. The van der Waals surface area contributed by atoms with Gasteiger partial charge < -0.3 is 15.7 Å². The number of benzene rings is 1. The number of alkyl halides is 3. The lowest BCUT2D eigenvalue weighted by Crippen LogP contribution is -2.22. The Morgan fingerprint density at radius 3 is 2.63 bits per heavy atom. The van der Waals surface area contributed by atoms with E-state index < -0.39 is 23.4 Å². The first-order valence-electron chi connectivity index (χ1n) is 8.15. The van der Waals surface area contributed by atoms with Crippen molar-refractivity contribution in [2.45, 2.75) is 42.8 Å². The third kappa shape index (κ3) is 4.19. The van der Waals surface area contributed by atoms with Crippen LogP contribution in [0.4, 0.5) is 24.5 Å². The van der Waals surface area contributed by atoms with Crippen molar-refractivity contribution >= 4 is 29.0 Å². The molecule has 0 spiro atoms. The Balaban J connectivity index is 1.96. The van der Waals surface area contributed by atoms with Gasteiger partial charge in [-0.05, 0) is 45.0 Å². The number of halogens is 3. The number of anilines is 2. The van der Waals surface area contributed by atoms with Crippen LogP contribution >= 0.6 is 11.8 Å². The Morgan fingerprint density at radius 1 is 1.30 bits per heavy atom. The predicted molar refractivity (Wildman–Crippen MR) is 97.8 cm³/mol. The highest BCUT2D eigenvalue weighted by molar-refractivity contribution is 8.00. The zero-order valence-corrected chi connectivity index (χ0v) is 15.6. The van der Waals surface area contributed by atoms with Crippen LogP contribution in [0.15, 0.2) is 35.2 Å². The molecule has 27 heavy (non-hydrogen) atoms. The number of nitrogens with zero attached hydrogens (tertiary/aromatic N) is 1. The molecule has 0 radical (unpaired) electrons. The molecule has 2 heterocycles. The van der Waals surface area contributed by atoms with E-state index >= 15 is 0 Å². The maximum absolute atomic E-state index is 12.8. The van der Waals surface area contributed by atoms with Gasteiger partial charge in [0.05, 0.1) is 11.0 Å². The molecular weight excluding hydrogens is 379 g/mol. The second-order valence-corrected chi connectivity index (χ2v) is 8.10. The van der Waals surface area contributed by atoms with Crippen LogP contribution in [0.25, 0.3) is 0 Å². The van der Waals surface area contributed by atoms with Crippen molar-refractivity contribution in [1.29, 1.82) is 0 Å². The van der Waals surface area contributed by atoms with Crippen molar-refractivity contribution in [3.8, 4) is 0 Å². The van der Waals surface area contributed by atoms with Gasteiger partial charge in [-0.15, -0.1) is 0 Å². The number of fused-ring (bicyclic) bond motifs is 1. The Labute approximate surface area is 158 Å². The molecule has 5 nitrogen and oxygen atoms in total. The van der Waals surface area contributed by atoms with E-state index in [1.165, 1.54) is 6.07 Å². The normalized spacial score (nSPS) is 16.6. The molecule has 1 aromatic heterocycles. The smallest absolute Gasteiger partial charge is 0.386 e. The molecule has 0 saturated heterocycles. The van der Waals surface area contributed by atoms with Gasteiger partial charge in [-0.2, -0.15) is 13.2 Å². The first kappa shape index (κ1) is 19.5. The number of aromatic nitrogens is 1. The van der Waals surface area contributed by atoms with Gasteiger partial charge in [0.1, 0.15) is 11.4 Å². The molecule has 1 atom stereocenters. The Morgan fingerprint density at radius 2 is 2.00 bits per heavy atom. The van der Waals surface area contributed by atoms with E-state index in [1.807, 2.05) is 6.92 Å². The maximum Gasteiger partial charge on any atom is 0.433 e. The first-order valence-corrected chi connectivity index (χ1v) is 9.03. The van der Waals surface area contributed by atoms with Crippen molar-refractivity contribution in [2.24, 2.45) is 0 Å². The average molecular weight is 397 g/mol. The van der Waals surface area contributed by atoms with Crippen molar-refractivity contribution < 1.29 is 23.1 Å². The highest BCUT2D eigenvalue weighted by atomic mass is 32.2. The minimum absolute atomic E-state index is 0.130. The fourth-order valence-electron chi connectivity index (χ4n) is 2.74. The maximum atomic E-state index is 12.8. The Hall–Kier alpha value is -2.26. The number of carbonyl (C=O) groups excluding carboxylic acids is 1. The summed E-state index contributed by atoms with van der Waals surface area (Å²) >= 11 is 1.54. The van der Waals surface area contributed by atoms with Crippen LogP contribution in [0.5, 0.6) is 0 Å². The minimum Gasteiger partial charge on any atom is -0.386 e. The lowest BCUT2D eigenvalue weighted by atomic mass is 9.95. The zero-order chi connectivity index (χ0) is 20.0. The van der Waals surface area contributed by atoms with E-state index in [1.54, 1.807) is 37.7 Å². The molecule has 9 heteroatoms. The van der Waals surface area contributed by atoms with Gasteiger partial charge in [0.2, 0.25) is 0 Å². The minimum atomic E-state index is -4.64. The number of carbonyl (C=O) groups is 1. The van der Waals surface area contributed by atoms with E-state index in [4.69, 9.17) is 0 Å². The van der Waals surface area contributed by atoms with E-state index in [0.29, 0.717) is 11.3 Å². The molecule has 3 N–H and O–H groups in total. The number of amides is 1. The first-order chi connectivity index (χ1) is 12.4. The molecule has 1 aliphatic heterocycles. The third-order valence-electron chi connectivity index (χ3n) is 3.96. The zero-order valence-electron chi connectivity index (χ0n) is 14.8. The molecule has 1 amide bonds. The molecular formula is C18H18F3N3O2S. The van der Waals surface area contributed by atoms with E-state index in [0.717, 1.165) is 22.7 Å². The van der Waals surface area contributed by atoms with Crippen molar-refractivity contribution in [3.05, 3.63) is 47.3 Å². The number of hydrogen-bond donors (Lipinski definition) is 3.